The molecule has 7 heteroatoms. The molecule has 2 aromatic rings. The minimum Gasteiger partial charge on any atom is -0.389 e. The maximum atomic E-state index is 9.66. The van der Waals surface area contributed by atoms with Crippen molar-refractivity contribution < 1.29 is 9.84 Å². The molecule has 2 aromatic heterocycles. The zero-order valence-corrected chi connectivity index (χ0v) is 11.8. The number of aliphatic hydroxyl groups is 1. The van der Waals surface area contributed by atoms with Gasteiger partial charge in [-0.2, -0.15) is 4.98 Å². The molecule has 0 radical (unpaired) electrons. The quantitative estimate of drug-likeness (QED) is 0.715. The number of methoxy groups -OCH3 is 1. The van der Waals surface area contributed by atoms with Crippen molar-refractivity contribution in [3.8, 4) is 0 Å². The summed E-state index contributed by atoms with van der Waals surface area (Å²) in [5, 5.41) is 18.9. The van der Waals surface area contributed by atoms with E-state index in [1.807, 2.05) is 18.4 Å². The first-order valence-corrected chi connectivity index (χ1v) is 7.02. The molecule has 0 aliphatic heterocycles. The first kappa shape index (κ1) is 14.0. The van der Waals surface area contributed by atoms with E-state index in [-0.39, 0.29) is 0 Å². The number of hydrogen-bond acceptors (Lipinski definition) is 7. The third-order valence-electron chi connectivity index (χ3n) is 2.52. The van der Waals surface area contributed by atoms with Crippen LogP contribution in [0.3, 0.4) is 0 Å². The third-order valence-corrected chi connectivity index (χ3v) is 3.33. The molecule has 0 spiro atoms. The number of aromatic nitrogens is 2. The predicted octanol–water partition coefficient (Wildman–Crippen LogP) is 1.54. The van der Waals surface area contributed by atoms with Crippen molar-refractivity contribution in [2.24, 2.45) is 0 Å². The number of anilines is 2. The fourth-order valence-electron chi connectivity index (χ4n) is 1.69. The Hall–Kier alpha value is -1.44. The topological polar surface area (TPSA) is 79.3 Å². The number of fused-ring (bicyclic) bond motifs is 1. The molecule has 0 aliphatic carbocycles. The van der Waals surface area contributed by atoms with Crippen molar-refractivity contribution in [2.45, 2.75) is 13.0 Å². The van der Waals surface area contributed by atoms with Crippen molar-refractivity contribution in [3.05, 3.63) is 11.4 Å². The molecule has 0 saturated heterocycles. The molecule has 0 aliphatic rings. The minimum absolute atomic E-state index is 0.297. The Labute approximate surface area is 115 Å². The second-order valence-electron chi connectivity index (χ2n) is 4.06. The zero-order valence-electron chi connectivity index (χ0n) is 11.0. The van der Waals surface area contributed by atoms with Crippen LogP contribution < -0.4 is 10.6 Å². The largest absolute Gasteiger partial charge is 0.389 e. The van der Waals surface area contributed by atoms with Crippen LogP contribution in [-0.2, 0) is 4.74 Å². The number of ether oxygens (including phenoxy) is 1. The summed E-state index contributed by atoms with van der Waals surface area (Å²) >= 11 is 1.57. The van der Waals surface area contributed by atoms with Crippen LogP contribution in [0.4, 0.5) is 11.8 Å². The fraction of sp³-hybridized carbons (Fsp3) is 0.500. The van der Waals surface area contributed by atoms with Crippen molar-refractivity contribution in [1.82, 2.24) is 9.97 Å². The number of nitrogens with one attached hydrogen (secondary N) is 2. The Kier molecular flexibility index (Phi) is 4.89. The highest BCUT2D eigenvalue weighted by Gasteiger charge is 2.10. The summed E-state index contributed by atoms with van der Waals surface area (Å²) in [6, 6.07) is 1.97. The Morgan fingerprint density at radius 1 is 1.42 bits per heavy atom. The standard InChI is InChI=1S/C12H18N4O2S/c1-3-13-12-15-10(14-6-8(17)7-18-2)9-4-5-19-11(9)16-12/h4-5,8,17H,3,6-7H2,1-2H3,(H2,13,14,15,16). The second kappa shape index (κ2) is 6.65. The monoisotopic (exact) mass is 282 g/mol. The lowest BCUT2D eigenvalue weighted by Crippen LogP contribution is -2.24. The number of nitrogens with zero attached hydrogens (tertiary/aromatic N) is 2. The summed E-state index contributed by atoms with van der Waals surface area (Å²) in [7, 11) is 1.56. The molecule has 2 rings (SSSR count). The van der Waals surface area contributed by atoms with Gasteiger partial charge in [-0.3, -0.25) is 0 Å². The first-order valence-electron chi connectivity index (χ1n) is 6.14. The van der Waals surface area contributed by atoms with Gasteiger partial charge in [0, 0.05) is 20.2 Å². The van der Waals surface area contributed by atoms with Crippen LogP contribution in [-0.4, -0.2) is 48.0 Å². The smallest absolute Gasteiger partial charge is 0.226 e. The van der Waals surface area contributed by atoms with E-state index in [2.05, 4.69) is 20.6 Å². The van der Waals surface area contributed by atoms with E-state index >= 15 is 0 Å². The van der Waals surface area contributed by atoms with E-state index in [1.54, 1.807) is 18.4 Å². The minimum atomic E-state index is -0.559. The van der Waals surface area contributed by atoms with E-state index < -0.39 is 6.10 Å². The van der Waals surface area contributed by atoms with Gasteiger partial charge in [0.25, 0.3) is 0 Å². The molecule has 0 fully saturated rings. The van der Waals surface area contributed by atoms with Gasteiger partial charge in [-0.1, -0.05) is 0 Å². The SMILES string of the molecule is CCNc1nc(NCC(O)COC)c2ccsc2n1. The fourth-order valence-corrected chi connectivity index (χ4v) is 2.46. The van der Waals surface area contributed by atoms with Crippen LogP contribution in [0.15, 0.2) is 11.4 Å². The normalized spacial score (nSPS) is 12.6. The summed E-state index contributed by atoms with van der Waals surface area (Å²) in [5.41, 5.74) is 0. The van der Waals surface area contributed by atoms with Gasteiger partial charge >= 0.3 is 0 Å². The Bertz CT molecular complexity index is 531. The highest BCUT2D eigenvalue weighted by molar-refractivity contribution is 7.16. The lowest BCUT2D eigenvalue weighted by atomic mass is 10.3. The summed E-state index contributed by atoms with van der Waals surface area (Å²) in [4.78, 5) is 9.76. The second-order valence-corrected chi connectivity index (χ2v) is 4.95. The summed E-state index contributed by atoms with van der Waals surface area (Å²) in [5.74, 6) is 1.33. The van der Waals surface area contributed by atoms with Gasteiger partial charge in [-0.25, -0.2) is 4.98 Å². The van der Waals surface area contributed by atoms with Crippen LogP contribution in [0.2, 0.25) is 0 Å². The van der Waals surface area contributed by atoms with Crippen molar-refractivity contribution >= 4 is 33.3 Å². The van der Waals surface area contributed by atoms with Gasteiger partial charge in [0.2, 0.25) is 5.95 Å². The summed E-state index contributed by atoms with van der Waals surface area (Å²) in [6.45, 7) is 3.45. The molecule has 1 unspecified atom stereocenters. The maximum Gasteiger partial charge on any atom is 0.226 e. The Morgan fingerprint density at radius 3 is 3.00 bits per heavy atom. The van der Waals surface area contributed by atoms with Gasteiger partial charge < -0.3 is 20.5 Å². The molecular weight excluding hydrogens is 264 g/mol. The summed E-state index contributed by atoms with van der Waals surface area (Å²) < 4.78 is 4.89. The van der Waals surface area contributed by atoms with E-state index in [4.69, 9.17) is 4.74 Å². The average molecular weight is 282 g/mol. The average Bonchev–Trinajstić information content (AvgIpc) is 2.85. The number of aliphatic hydroxyl groups excluding tert-OH is 1. The molecule has 0 saturated carbocycles. The van der Waals surface area contributed by atoms with E-state index in [0.717, 1.165) is 22.6 Å². The van der Waals surface area contributed by atoms with Crippen LogP contribution in [0.25, 0.3) is 10.2 Å². The van der Waals surface area contributed by atoms with Gasteiger partial charge in [0.1, 0.15) is 10.6 Å². The molecule has 0 bridgehead atoms. The molecule has 3 N–H and O–H groups in total. The van der Waals surface area contributed by atoms with Crippen molar-refractivity contribution in [2.75, 3.05) is 37.4 Å². The van der Waals surface area contributed by atoms with Gasteiger partial charge in [-0.15, -0.1) is 11.3 Å². The lowest BCUT2D eigenvalue weighted by molar-refractivity contribution is 0.0727. The van der Waals surface area contributed by atoms with Gasteiger partial charge in [0.15, 0.2) is 0 Å². The maximum absolute atomic E-state index is 9.66. The van der Waals surface area contributed by atoms with E-state index in [9.17, 15) is 5.11 Å². The van der Waals surface area contributed by atoms with Crippen LogP contribution >= 0.6 is 11.3 Å². The number of rotatable bonds is 7. The number of hydrogen-bond donors (Lipinski definition) is 3. The van der Waals surface area contributed by atoms with Crippen molar-refractivity contribution in [1.29, 1.82) is 0 Å². The molecule has 2 heterocycles. The molecule has 0 aromatic carbocycles. The van der Waals surface area contributed by atoms with Crippen molar-refractivity contribution in [3.63, 3.8) is 0 Å². The Balaban J connectivity index is 2.17. The van der Waals surface area contributed by atoms with E-state index in [0.29, 0.717) is 19.1 Å². The first-order chi connectivity index (χ1) is 9.24. The lowest BCUT2D eigenvalue weighted by Gasteiger charge is -2.12. The molecule has 6 nitrogen and oxygen atoms in total. The third kappa shape index (κ3) is 3.52. The van der Waals surface area contributed by atoms with Gasteiger partial charge in [-0.05, 0) is 18.4 Å². The molecule has 19 heavy (non-hydrogen) atoms. The number of thiophene rings is 1. The molecule has 0 amide bonds. The molecule has 1 atom stereocenters. The van der Waals surface area contributed by atoms with Crippen LogP contribution in [0.5, 0.6) is 0 Å². The summed E-state index contributed by atoms with van der Waals surface area (Å²) in [6.07, 6.45) is -0.559. The Morgan fingerprint density at radius 2 is 2.26 bits per heavy atom. The predicted molar refractivity (Wildman–Crippen MR) is 78.0 cm³/mol. The highest BCUT2D eigenvalue weighted by Crippen LogP contribution is 2.26. The van der Waals surface area contributed by atoms with E-state index in [1.165, 1.54) is 0 Å². The zero-order chi connectivity index (χ0) is 13.7. The highest BCUT2D eigenvalue weighted by atomic mass is 32.1. The van der Waals surface area contributed by atoms with Gasteiger partial charge in [0.05, 0.1) is 18.1 Å². The molecular formula is C12H18N4O2S. The molecule has 104 valence electrons. The van der Waals surface area contributed by atoms with Crippen LogP contribution in [0, 0.1) is 0 Å². The van der Waals surface area contributed by atoms with Crippen LogP contribution in [0.1, 0.15) is 6.92 Å².